The summed E-state index contributed by atoms with van der Waals surface area (Å²) in [5.74, 6) is 3.57. The van der Waals surface area contributed by atoms with Gasteiger partial charge in [0.05, 0.1) is 0 Å². The molecular weight excluding hydrogens is 163 g/mol. The van der Waals surface area contributed by atoms with Gasteiger partial charge in [0.15, 0.2) is 0 Å². The molecule has 0 amide bonds. The maximum atomic E-state index is 11.4. The van der Waals surface area contributed by atoms with E-state index in [1.165, 1.54) is 0 Å². The molecule has 0 unspecified atom stereocenters. The number of hydrogen-bond donors (Lipinski definition) is 1. The van der Waals surface area contributed by atoms with E-state index in [1.54, 1.807) is 0 Å². The van der Waals surface area contributed by atoms with E-state index in [0.29, 0.717) is 0 Å². The molecule has 0 saturated carbocycles. The van der Waals surface area contributed by atoms with Crippen LogP contribution in [-0.4, -0.2) is 12.1 Å². The minimum absolute atomic E-state index is 0.278. The third kappa shape index (κ3) is 7.11. The Kier molecular flexibility index (Phi) is 3.88. The van der Waals surface area contributed by atoms with E-state index in [-0.39, 0.29) is 12.8 Å². The highest BCUT2D eigenvalue weighted by Gasteiger charge is 2.26. The van der Waals surface area contributed by atoms with Gasteiger partial charge in [-0.2, -0.15) is 19.1 Å². The fourth-order valence-electron chi connectivity index (χ4n) is 0.492. The van der Waals surface area contributed by atoms with Gasteiger partial charge in [-0.1, -0.05) is 0 Å². The summed E-state index contributed by atoms with van der Waals surface area (Å²) in [6, 6.07) is 0. The van der Waals surface area contributed by atoms with E-state index in [0.717, 1.165) is 0 Å². The number of hydrogen-bond acceptors (Lipinski definition) is 3. The Hall–Kier alpha value is -0.780. The van der Waals surface area contributed by atoms with Crippen LogP contribution in [-0.2, 0) is 9.63 Å². The van der Waals surface area contributed by atoms with Gasteiger partial charge in [-0.3, -0.25) is 4.79 Å². The fourth-order valence-corrected chi connectivity index (χ4v) is 0.492. The van der Waals surface area contributed by atoms with Crippen LogP contribution in [0, 0.1) is 0 Å². The molecule has 0 rings (SSSR count). The zero-order chi connectivity index (χ0) is 8.91. The Morgan fingerprint density at radius 3 is 2.36 bits per heavy atom. The molecule has 0 atom stereocenters. The van der Waals surface area contributed by atoms with E-state index in [1.807, 2.05) is 0 Å². The molecule has 0 aliphatic carbocycles. The van der Waals surface area contributed by atoms with Crippen molar-refractivity contribution in [3.8, 4) is 0 Å². The van der Waals surface area contributed by atoms with Gasteiger partial charge >= 0.3 is 12.1 Å². The van der Waals surface area contributed by atoms with Crippen molar-refractivity contribution in [2.24, 2.45) is 5.90 Å². The second kappa shape index (κ2) is 4.17. The topological polar surface area (TPSA) is 52.3 Å². The first-order valence-electron chi connectivity index (χ1n) is 2.92. The molecule has 66 valence electrons. The molecule has 0 aliphatic heterocycles. The van der Waals surface area contributed by atoms with Crippen LogP contribution in [0.3, 0.4) is 0 Å². The van der Waals surface area contributed by atoms with Crippen LogP contribution < -0.4 is 5.90 Å². The summed E-state index contributed by atoms with van der Waals surface area (Å²) in [5, 5.41) is 0. The molecule has 0 heterocycles. The molecule has 0 bridgehead atoms. The highest BCUT2D eigenvalue weighted by Crippen LogP contribution is 2.21. The van der Waals surface area contributed by atoms with E-state index < -0.39 is 18.6 Å². The standard InChI is InChI=1S/C5H8F3NO2/c6-5(7,8)3-1-2-4(10)11-9/h1-3,9H2. The summed E-state index contributed by atoms with van der Waals surface area (Å²) in [7, 11) is 0. The van der Waals surface area contributed by atoms with Crippen LogP contribution in [0.2, 0.25) is 0 Å². The smallest absolute Gasteiger partial charge is 0.373 e. The van der Waals surface area contributed by atoms with Gasteiger partial charge in [0.1, 0.15) is 0 Å². The zero-order valence-electron chi connectivity index (χ0n) is 5.65. The van der Waals surface area contributed by atoms with E-state index in [2.05, 4.69) is 10.7 Å². The second-order valence-electron chi connectivity index (χ2n) is 1.96. The average molecular weight is 171 g/mol. The summed E-state index contributed by atoms with van der Waals surface area (Å²) in [4.78, 5) is 13.8. The lowest BCUT2D eigenvalue weighted by molar-refractivity contribution is -0.148. The van der Waals surface area contributed by atoms with Crippen LogP contribution in [0.4, 0.5) is 13.2 Å². The molecule has 0 saturated heterocycles. The van der Waals surface area contributed by atoms with Crippen molar-refractivity contribution in [1.82, 2.24) is 0 Å². The molecule has 0 aromatic heterocycles. The number of carbonyl (C=O) groups excluding carboxylic acids is 1. The summed E-state index contributed by atoms with van der Waals surface area (Å²) >= 11 is 0. The highest BCUT2D eigenvalue weighted by atomic mass is 19.4. The number of nitrogens with two attached hydrogens (primary N) is 1. The molecular formula is C5H8F3NO2. The lowest BCUT2D eigenvalue weighted by Gasteiger charge is -2.03. The van der Waals surface area contributed by atoms with Gasteiger partial charge in [0.2, 0.25) is 0 Å². The Labute approximate surface area is 61.3 Å². The van der Waals surface area contributed by atoms with Gasteiger partial charge in [0.25, 0.3) is 0 Å². The highest BCUT2D eigenvalue weighted by molar-refractivity contribution is 5.68. The molecule has 3 nitrogen and oxygen atoms in total. The van der Waals surface area contributed by atoms with Crippen molar-refractivity contribution < 1.29 is 22.8 Å². The number of alkyl halides is 3. The largest absolute Gasteiger partial charge is 0.389 e. The van der Waals surface area contributed by atoms with Gasteiger partial charge in [0, 0.05) is 12.8 Å². The van der Waals surface area contributed by atoms with Crippen LogP contribution in [0.15, 0.2) is 0 Å². The van der Waals surface area contributed by atoms with Gasteiger partial charge < -0.3 is 4.84 Å². The van der Waals surface area contributed by atoms with E-state index >= 15 is 0 Å². The van der Waals surface area contributed by atoms with E-state index in [9.17, 15) is 18.0 Å². The molecule has 0 aromatic rings. The van der Waals surface area contributed by atoms with Gasteiger partial charge in [-0.25, -0.2) is 0 Å². The number of rotatable bonds is 3. The van der Waals surface area contributed by atoms with Crippen molar-refractivity contribution in [1.29, 1.82) is 0 Å². The average Bonchev–Trinajstić information content (AvgIpc) is 1.85. The van der Waals surface area contributed by atoms with Crippen LogP contribution in [0.5, 0.6) is 0 Å². The normalized spacial score (nSPS) is 11.3. The van der Waals surface area contributed by atoms with Gasteiger partial charge in [-0.15, -0.1) is 0 Å². The third-order valence-corrected chi connectivity index (χ3v) is 0.973. The predicted molar refractivity (Wildman–Crippen MR) is 30.2 cm³/mol. The first-order chi connectivity index (χ1) is 4.95. The first-order valence-corrected chi connectivity index (χ1v) is 2.92. The van der Waals surface area contributed by atoms with Crippen molar-refractivity contribution in [3.63, 3.8) is 0 Å². The fraction of sp³-hybridized carbons (Fsp3) is 0.800. The minimum atomic E-state index is -4.21. The SMILES string of the molecule is NOC(=O)CCCC(F)(F)F. The first kappa shape index (κ1) is 10.2. The second-order valence-corrected chi connectivity index (χ2v) is 1.96. The maximum absolute atomic E-state index is 11.4. The van der Waals surface area contributed by atoms with Crippen molar-refractivity contribution in [3.05, 3.63) is 0 Å². The van der Waals surface area contributed by atoms with Gasteiger partial charge in [-0.05, 0) is 6.42 Å². The Bertz CT molecular complexity index is 134. The summed E-state index contributed by atoms with van der Waals surface area (Å²) in [6.07, 6.45) is -5.77. The van der Waals surface area contributed by atoms with Crippen LogP contribution >= 0.6 is 0 Å². The number of carbonyl (C=O) groups is 1. The Morgan fingerprint density at radius 1 is 1.45 bits per heavy atom. The van der Waals surface area contributed by atoms with Crippen LogP contribution in [0.25, 0.3) is 0 Å². The van der Waals surface area contributed by atoms with Crippen molar-refractivity contribution >= 4 is 5.97 Å². The van der Waals surface area contributed by atoms with Crippen molar-refractivity contribution in [2.75, 3.05) is 0 Å². The minimum Gasteiger partial charge on any atom is -0.373 e. The molecule has 0 aliphatic rings. The maximum Gasteiger partial charge on any atom is 0.389 e. The molecule has 0 spiro atoms. The zero-order valence-corrected chi connectivity index (χ0v) is 5.65. The molecule has 0 aromatic carbocycles. The Morgan fingerprint density at radius 2 is 2.00 bits per heavy atom. The lowest BCUT2D eigenvalue weighted by Crippen LogP contribution is -2.12. The monoisotopic (exact) mass is 171 g/mol. The summed E-state index contributed by atoms with van der Waals surface area (Å²) in [5.41, 5.74) is 0. The third-order valence-electron chi connectivity index (χ3n) is 0.973. The quantitative estimate of drug-likeness (QED) is 0.647. The molecule has 11 heavy (non-hydrogen) atoms. The number of halogens is 3. The molecule has 0 fully saturated rings. The predicted octanol–water partition coefficient (Wildman–Crippen LogP) is 1.14. The molecule has 0 radical (unpaired) electrons. The van der Waals surface area contributed by atoms with E-state index in [4.69, 9.17) is 0 Å². The lowest BCUT2D eigenvalue weighted by atomic mass is 10.2. The Balaban J connectivity index is 3.35. The van der Waals surface area contributed by atoms with Crippen LogP contribution in [0.1, 0.15) is 19.3 Å². The van der Waals surface area contributed by atoms with Crippen molar-refractivity contribution in [2.45, 2.75) is 25.4 Å². The summed E-state index contributed by atoms with van der Waals surface area (Å²) in [6.45, 7) is 0. The molecule has 6 heteroatoms. The summed E-state index contributed by atoms with van der Waals surface area (Å²) < 4.78 is 34.3. The molecule has 2 N–H and O–H groups in total.